The number of ketones is 1. The maximum atomic E-state index is 12.6. The first-order chi connectivity index (χ1) is 12.0. The van der Waals surface area contributed by atoms with Crippen LogP contribution in [0, 0.1) is 5.92 Å². The van der Waals surface area contributed by atoms with Gasteiger partial charge in [0, 0.05) is 10.7 Å². The Hall–Kier alpha value is -2.66. The second-order valence-electron chi connectivity index (χ2n) is 5.60. The maximum absolute atomic E-state index is 12.6. The van der Waals surface area contributed by atoms with Crippen LogP contribution < -0.4 is 4.90 Å². The molecule has 0 radical (unpaired) electrons. The zero-order valence-corrected chi connectivity index (χ0v) is 14.3. The highest BCUT2D eigenvalue weighted by Gasteiger charge is 2.53. The summed E-state index contributed by atoms with van der Waals surface area (Å²) in [4.78, 5) is 38.9. The molecule has 0 saturated carbocycles. The highest BCUT2D eigenvalue weighted by atomic mass is 35.5. The molecule has 0 aliphatic carbocycles. The Morgan fingerprint density at radius 2 is 1.72 bits per heavy atom. The number of halogens is 1. The van der Waals surface area contributed by atoms with E-state index in [1.807, 2.05) is 6.07 Å². The van der Waals surface area contributed by atoms with Crippen molar-refractivity contribution in [2.24, 2.45) is 5.92 Å². The Kier molecular flexibility index (Phi) is 4.86. The van der Waals surface area contributed by atoms with Crippen LogP contribution in [0.15, 0.2) is 54.6 Å². The molecular formula is C19H16ClNO4. The summed E-state index contributed by atoms with van der Waals surface area (Å²) in [5.41, 5.74) is 1.19. The van der Waals surface area contributed by atoms with E-state index in [-0.39, 0.29) is 6.61 Å². The van der Waals surface area contributed by atoms with E-state index in [9.17, 15) is 14.4 Å². The summed E-state index contributed by atoms with van der Waals surface area (Å²) in [6.07, 6.45) is 0. The Morgan fingerprint density at radius 3 is 2.32 bits per heavy atom. The Bertz CT molecular complexity index is 804. The van der Waals surface area contributed by atoms with E-state index < -0.39 is 29.6 Å². The molecule has 2 aromatic rings. The fraction of sp³-hybridized carbons (Fsp3) is 0.211. The monoisotopic (exact) mass is 357 g/mol. The molecule has 5 nitrogen and oxygen atoms in total. The third-order valence-electron chi connectivity index (χ3n) is 4.09. The number of amides is 1. The predicted octanol–water partition coefficient (Wildman–Crippen LogP) is 3.18. The smallest absolute Gasteiger partial charge is 0.319 e. The predicted molar refractivity (Wildman–Crippen MR) is 93.3 cm³/mol. The van der Waals surface area contributed by atoms with E-state index in [1.165, 1.54) is 4.90 Å². The van der Waals surface area contributed by atoms with Crippen LogP contribution in [0.1, 0.15) is 18.5 Å². The Labute approximate surface area is 150 Å². The summed E-state index contributed by atoms with van der Waals surface area (Å²) in [6.45, 7) is 1.79. The van der Waals surface area contributed by atoms with Crippen molar-refractivity contribution in [1.29, 1.82) is 0 Å². The van der Waals surface area contributed by atoms with Crippen LogP contribution in [0.4, 0.5) is 5.69 Å². The third-order valence-corrected chi connectivity index (χ3v) is 4.34. The van der Waals surface area contributed by atoms with Crippen molar-refractivity contribution < 1.29 is 19.1 Å². The fourth-order valence-corrected chi connectivity index (χ4v) is 3.13. The minimum Gasteiger partial charge on any atom is -0.465 e. The van der Waals surface area contributed by atoms with Gasteiger partial charge in [-0.05, 0) is 36.8 Å². The van der Waals surface area contributed by atoms with E-state index in [0.717, 1.165) is 0 Å². The number of para-hydroxylation sites is 1. The molecule has 6 heteroatoms. The van der Waals surface area contributed by atoms with Crippen molar-refractivity contribution >= 4 is 34.9 Å². The molecular weight excluding hydrogens is 342 g/mol. The molecule has 1 heterocycles. The normalized spacial score (nSPS) is 20.0. The van der Waals surface area contributed by atoms with Gasteiger partial charge in [0.2, 0.25) is 5.78 Å². The van der Waals surface area contributed by atoms with Crippen LogP contribution in [-0.2, 0) is 19.1 Å². The molecule has 1 fully saturated rings. The standard InChI is InChI=1S/C19H16ClNO4/c1-2-25-19(24)15-16(12-8-10-13(20)11-9-12)21(18(23)17(15)22)14-6-4-3-5-7-14/h3-11,15-16H,2H2,1H3/t15-,16+/m1/s1. The first-order valence-corrected chi connectivity index (χ1v) is 8.27. The fourth-order valence-electron chi connectivity index (χ4n) is 3.01. The molecule has 3 rings (SSSR count). The molecule has 2 aromatic carbocycles. The number of hydrogen-bond acceptors (Lipinski definition) is 4. The van der Waals surface area contributed by atoms with Gasteiger partial charge in [-0.1, -0.05) is 41.9 Å². The molecule has 1 amide bonds. The van der Waals surface area contributed by atoms with Crippen molar-refractivity contribution in [1.82, 2.24) is 0 Å². The van der Waals surface area contributed by atoms with Crippen molar-refractivity contribution in [3.8, 4) is 0 Å². The SMILES string of the molecule is CCOC(=O)[C@H]1C(=O)C(=O)N(c2ccccc2)[C@H]1c1ccc(Cl)cc1. The molecule has 25 heavy (non-hydrogen) atoms. The van der Waals surface area contributed by atoms with Gasteiger partial charge < -0.3 is 4.74 Å². The minimum atomic E-state index is -1.20. The van der Waals surface area contributed by atoms with Gasteiger partial charge in [0.1, 0.15) is 5.92 Å². The molecule has 128 valence electrons. The zero-order chi connectivity index (χ0) is 18.0. The lowest BCUT2D eigenvalue weighted by molar-refractivity contribution is -0.152. The van der Waals surface area contributed by atoms with Gasteiger partial charge >= 0.3 is 5.97 Å². The molecule has 1 saturated heterocycles. The minimum absolute atomic E-state index is 0.134. The number of ether oxygens (including phenoxy) is 1. The lowest BCUT2D eigenvalue weighted by Gasteiger charge is -2.27. The second-order valence-corrected chi connectivity index (χ2v) is 6.04. The number of anilines is 1. The van der Waals surface area contributed by atoms with Gasteiger partial charge in [-0.3, -0.25) is 19.3 Å². The zero-order valence-electron chi connectivity index (χ0n) is 13.5. The first-order valence-electron chi connectivity index (χ1n) is 7.89. The van der Waals surface area contributed by atoms with Crippen LogP contribution in [0.3, 0.4) is 0 Å². The summed E-state index contributed by atoms with van der Waals surface area (Å²) in [7, 11) is 0. The van der Waals surface area contributed by atoms with E-state index in [1.54, 1.807) is 55.5 Å². The largest absolute Gasteiger partial charge is 0.465 e. The van der Waals surface area contributed by atoms with Gasteiger partial charge in [0.15, 0.2) is 0 Å². The van der Waals surface area contributed by atoms with Crippen molar-refractivity contribution in [2.75, 3.05) is 11.5 Å². The summed E-state index contributed by atoms with van der Waals surface area (Å²) in [5, 5.41) is 0.526. The summed E-state index contributed by atoms with van der Waals surface area (Å²) in [5.74, 6) is -3.38. The summed E-state index contributed by atoms with van der Waals surface area (Å²) < 4.78 is 5.04. The first kappa shape index (κ1) is 17.2. The highest BCUT2D eigenvalue weighted by Crippen LogP contribution is 2.40. The number of nitrogens with zero attached hydrogens (tertiary/aromatic N) is 1. The van der Waals surface area contributed by atoms with E-state index in [0.29, 0.717) is 16.3 Å². The average molecular weight is 358 g/mol. The molecule has 0 unspecified atom stereocenters. The summed E-state index contributed by atoms with van der Waals surface area (Å²) in [6, 6.07) is 14.8. The van der Waals surface area contributed by atoms with Crippen LogP contribution in [0.5, 0.6) is 0 Å². The number of benzene rings is 2. The van der Waals surface area contributed by atoms with Crippen molar-refractivity contribution in [3.63, 3.8) is 0 Å². The van der Waals surface area contributed by atoms with E-state index in [2.05, 4.69) is 0 Å². The second kappa shape index (κ2) is 7.07. The van der Waals surface area contributed by atoms with Crippen LogP contribution in [0.25, 0.3) is 0 Å². The van der Waals surface area contributed by atoms with Crippen LogP contribution >= 0.6 is 11.6 Å². The van der Waals surface area contributed by atoms with Crippen molar-refractivity contribution in [2.45, 2.75) is 13.0 Å². The average Bonchev–Trinajstić information content (AvgIpc) is 2.88. The van der Waals surface area contributed by atoms with Crippen molar-refractivity contribution in [3.05, 3.63) is 65.2 Å². The maximum Gasteiger partial charge on any atom is 0.319 e. The number of hydrogen-bond donors (Lipinski definition) is 0. The number of rotatable bonds is 4. The molecule has 0 bridgehead atoms. The number of carbonyl (C=O) groups excluding carboxylic acids is 3. The molecule has 0 spiro atoms. The molecule has 0 N–H and O–H groups in total. The lowest BCUT2D eigenvalue weighted by atomic mass is 9.92. The van der Waals surface area contributed by atoms with Gasteiger partial charge in [0.25, 0.3) is 5.91 Å². The third kappa shape index (κ3) is 3.15. The van der Waals surface area contributed by atoms with E-state index in [4.69, 9.17) is 16.3 Å². The lowest BCUT2D eigenvalue weighted by Crippen LogP contribution is -2.31. The number of esters is 1. The summed E-state index contributed by atoms with van der Waals surface area (Å²) >= 11 is 5.94. The van der Waals surface area contributed by atoms with Gasteiger partial charge in [-0.15, -0.1) is 0 Å². The number of carbonyl (C=O) groups is 3. The molecule has 2 atom stereocenters. The Balaban J connectivity index is 2.12. The van der Waals surface area contributed by atoms with Crippen LogP contribution in [-0.4, -0.2) is 24.3 Å². The highest BCUT2D eigenvalue weighted by molar-refractivity contribution is 6.47. The Morgan fingerprint density at radius 1 is 1.08 bits per heavy atom. The molecule has 0 aromatic heterocycles. The van der Waals surface area contributed by atoms with Gasteiger partial charge in [-0.25, -0.2) is 0 Å². The number of Topliss-reactive ketones (excluding diaryl/α,β-unsaturated/α-hetero) is 1. The topological polar surface area (TPSA) is 63.7 Å². The van der Waals surface area contributed by atoms with E-state index >= 15 is 0 Å². The molecule has 1 aliphatic rings. The van der Waals surface area contributed by atoms with Crippen LogP contribution in [0.2, 0.25) is 5.02 Å². The quantitative estimate of drug-likeness (QED) is 0.479. The molecule has 1 aliphatic heterocycles. The van der Waals surface area contributed by atoms with Gasteiger partial charge in [-0.2, -0.15) is 0 Å². The van der Waals surface area contributed by atoms with Gasteiger partial charge in [0.05, 0.1) is 12.6 Å².